The molecular weight excluding hydrogens is 338 g/mol. The standard InChI is InChI=1S/C21H29N5O/c1-24(2)12-13-26-21-18(8-5-10-22-21)20(23-26)17-9-11-25(15-17)19(27)14-16-6-3-4-7-16/h3,5-6,8,10,16-17H,4,7,9,11-15H2,1-2H3/t16-,17+/m0/s1. The number of amides is 1. The van der Waals surface area contributed by atoms with Gasteiger partial charge in [-0.2, -0.15) is 5.10 Å². The summed E-state index contributed by atoms with van der Waals surface area (Å²) in [5.74, 6) is 1.04. The van der Waals surface area contributed by atoms with Crippen molar-refractivity contribution in [2.75, 3.05) is 33.7 Å². The van der Waals surface area contributed by atoms with Gasteiger partial charge in [-0.1, -0.05) is 12.2 Å². The number of hydrogen-bond donors (Lipinski definition) is 0. The number of carbonyl (C=O) groups is 1. The molecule has 2 aromatic heterocycles. The zero-order chi connectivity index (χ0) is 18.8. The van der Waals surface area contributed by atoms with Crippen LogP contribution in [0.25, 0.3) is 11.0 Å². The number of carbonyl (C=O) groups excluding carboxylic acids is 1. The highest BCUT2D eigenvalue weighted by atomic mass is 16.2. The van der Waals surface area contributed by atoms with Crippen molar-refractivity contribution in [1.29, 1.82) is 0 Å². The first-order valence-corrected chi connectivity index (χ1v) is 10.0. The average molecular weight is 367 g/mol. The second-order valence-electron chi connectivity index (χ2n) is 8.08. The largest absolute Gasteiger partial charge is 0.342 e. The molecule has 0 radical (unpaired) electrons. The molecule has 1 fully saturated rings. The van der Waals surface area contributed by atoms with Crippen LogP contribution in [0.15, 0.2) is 30.5 Å². The fourth-order valence-corrected chi connectivity index (χ4v) is 4.21. The summed E-state index contributed by atoms with van der Waals surface area (Å²) in [4.78, 5) is 21.4. The Bertz CT molecular complexity index is 840. The molecule has 6 heteroatoms. The molecule has 1 aliphatic heterocycles. The van der Waals surface area contributed by atoms with E-state index in [0.717, 1.165) is 62.2 Å². The van der Waals surface area contributed by atoms with Gasteiger partial charge in [0.05, 0.1) is 12.2 Å². The van der Waals surface area contributed by atoms with Gasteiger partial charge in [-0.3, -0.25) is 4.79 Å². The summed E-state index contributed by atoms with van der Waals surface area (Å²) >= 11 is 0. The molecule has 0 N–H and O–H groups in total. The first-order valence-electron chi connectivity index (χ1n) is 10.0. The third-order valence-electron chi connectivity index (χ3n) is 5.77. The summed E-state index contributed by atoms with van der Waals surface area (Å²) in [6.45, 7) is 3.37. The fraction of sp³-hybridized carbons (Fsp3) is 0.571. The monoisotopic (exact) mass is 367 g/mol. The van der Waals surface area contributed by atoms with E-state index in [0.29, 0.717) is 24.2 Å². The highest BCUT2D eigenvalue weighted by Crippen LogP contribution is 2.32. The van der Waals surface area contributed by atoms with Crippen molar-refractivity contribution in [3.8, 4) is 0 Å². The van der Waals surface area contributed by atoms with Crippen molar-refractivity contribution in [2.45, 2.75) is 38.1 Å². The zero-order valence-electron chi connectivity index (χ0n) is 16.3. The van der Waals surface area contributed by atoms with Crippen LogP contribution in [0.2, 0.25) is 0 Å². The van der Waals surface area contributed by atoms with Crippen molar-refractivity contribution >= 4 is 16.9 Å². The van der Waals surface area contributed by atoms with Crippen molar-refractivity contribution in [1.82, 2.24) is 24.6 Å². The van der Waals surface area contributed by atoms with Crippen LogP contribution >= 0.6 is 0 Å². The van der Waals surface area contributed by atoms with Crippen LogP contribution in [0, 0.1) is 5.92 Å². The second kappa shape index (κ2) is 7.80. The molecule has 0 aromatic carbocycles. The van der Waals surface area contributed by atoms with Gasteiger partial charge in [-0.05, 0) is 51.4 Å². The van der Waals surface area contributed by atoms with Crippen LogP contribution < -0.4 is 0 Å². The molecular formula is C21H29N5O. The first-order chi connectivity index (χ1) is 13.1. The Hall–Kier alpha value is -2.21. The molecule has 0 saturated carbocycles. The van der Waals surface area contributed by atoms with Crippen LogP contribution in [-0.2, 0) is 11.3 Å². The highest BCUT2D eigenvalue weighted by molar-refractivity contribution is 5.80. The first kappa shape index (κ1) is 18.2. The zero-order valence-corrected chi connectivity index (χ0v) is 16.3. The Labute approximate surface area is 160 Å². The summed E-state index contributed by atoms with van der Waals surface area (Å²) in [6.07, 6.45) is 10.1. The molecule has 144 valence electrons. The van der Waals surface area contributed by atoms with Gasteiger partial charge in [0, 0.05) is 43.6 Å². The van der Waals surface area contributed by atoms with E-state index in [4.69, 9.17) is 5.10 Å². The van der Waals surface area contributed by atoms with Crippen LogP contribution in [0.3, 0.4) is 0 Å². The van der Waals surface area contributed by atoms with Gasteiger partial charge in [-0.25, -0.2) is 9.67 Å². The minimum Gasteiger partial charge on any atom is -0.342 e. The minimum atomic E-state index is 0.295. The number of pyridine rings is 1. The third-order valence-corrected chi connectivity index (χ3v) is 5.77. The molecule has 0 spiro atoms. The number of aromatic nitrogens is 3. The van der Waals surface area contributed by atoms with Gasteiger partial charge in [0.1, 0.15) is 0 Å². The van der Waals surface area contributed by atoms with E-state index in [1.165, 1.54) is 0 Å². The van der Waals surface area contributed by atoms with Crippen LogP contribution in [-0.4, -0.2) is 64.2 Å². The van der Waals surface area contributed by atoms with Crippen molar-refractivity contribution < 1.29 is 4.79 Å². The maximum absolute atomic E-state index is 12.7. The van der Waals surface area contributed by atoms with Gasteiger partial charge in [0.2, 0.25) is 5.91 Å². The maximum Gasteiger partial charge on any atom is 0.223 e. The topological polar surface area (TPSA) is 54.3 Å². The molecule has 27 heavy (non-hydrogen) atoms. The summed E-state index contributed by atoms with van der Waals surface area (Å²) in [5.41, 5.74) is 2.06. The van der Waals surface area contributed by atoms with E-state index >= 15 is 0 Å². The Morgan fingerprint density at radius 2 is 2.22 bits per heavy atom. The molecule has 3 heterocycles. The van der Waals surface area contributed by atoms with Crippen LogP contribution in [0.4, 0.5) is 0 Å². The van der Waals surface area contributed by atoms with Gasteiger partial charge in [0.25, 0.3) is 0 Å². The molecule has 0 bridgehead atoms. The van der Waals surface area contributed by atoms with Crippen molar-refractivity contribution in [3.05, 3.63) is 36.2 Å². The molecule has 4 rings (SSSR count). The smallest absolute Gasteiger partial charge is 0.223 e. The van der Waals surface area contributed by atoms with E-state index in [1.807, 2.05) is 21.8 Å². The van der Waals surface area contributed by atoms with Gasteiger partial charge < -0.3 is 9.80 Å². The van der Waals surface area contributed by atoms with E-state index in [-0.39, 0.29) is 0 Å². The molecule has 2 aliphatic rings. The molecule has 1 amide bonds. The number of rotatable bonds is 6. The number of likely N-dealkylation sites (tertiary alicyclic amines) is 1. The summed E-state index contributed by atoms with van der Waals surface area (Å²) < 4.78 is 2.03. The predicted molar refractivity (Wildman–Crippen MR) is 107 cm³/mol. The average Bonchev–Trinajstić information content (AvgIpc) is 3.39. The van der Waals surface area contributed by atoms with E-state index in [2.05, 4.69) is 42.2 Å². The predicted octanol–water partition coefficient (Wildman–Crippen LogP) is 2.67. The van der Waals surface area contributed by atoms with E-state index in [1.54, 1.807) is 0 Å². The quantitative estimate of drug-likeness (QED) is 0.737. The molecule has 1 aliphatic carbocycles. The summed E-state index contributed by atoms with van der Waals surface area (Å²) in [7, 11) is 4.14. The second-order valence-corrected chi connectivity index (χ2v) is 8.08. The fourth-order valence-electron chi connectivity index (χ4n) is 4.21. The normalized spacial score (nSPS) is 22.4. The van der Waals surface area contributed by atoms with Gasteiger partial charge >= 0.3 is 0 Å². The SMILES string of the molecule is CN(C)CCn1nc([C@@H]2CCN(C(=O)C[C@H]3C=CCC3)C2)c2cccnc21. The summed E-state index contributed by atoms with van der Waals surface area (Å²) in [6, 6.07) is 4.10. The molecule has 2 aromatic rings. The van der Waals surface area contributed by atoms with Gasteiger partial charge in [-0.15, -0.1) is 0 Å². The van der Waals surface area contributed by atoms with Crippen LogP contribution in [0.1, 0.15) is 37.3 Å². The Morgan fingerprint density at radius 3 is 3.00 bits per heavy atom. The Balaban J connectivity index is 1.49. The third kappa shape index (κ3) is 3.90. The lowest BCUT2D eigenvalue weighted by Gasteiger charge is -2.18. The van der Waals surface area contributed by atoms with Crippen molar-refractivity contribution in [3.63, 3.8) is 0 Å². The highest BCUT2D eigenvalue weighted by Gasteiger charge is 2.31. The molecule has 2 atom stereocenters. The number of allylic oxidation sites excluding steroid dienone is 2. The Morgan fingerprint density at radius 1 is 1.33 bits per heavy atom. The number of hydrogen-bond acceptors (Lipinski definition) is 4. The number of fused-ring (bicyclic) bond motifs is 1. The van der Waals surface area contributed by atoms with Crippen molar-refractivity contribution in [2.24, 2.45) is 5.92 Å². The van der Waals surface area contributed by atoms with E-state index in [9.17, 15) is 4.79 Å². The lowest BCUT2D eigenvalue weighted by Crippen LogP contribution is -2.29. The number of nitrogens with zero attached hydrogens (tertiary/aromatic N) is 5. The van der Waals surface area contributed by atoms with Crippen LogP contribution in [0.5, 0.6) is 0 Å². The lowest BCUT2D eigenvalue weighted by atomic mass is 10.0. The summed E-state index contributed by atoms with van der Waals surface area (Å²) in [5, 5.41) is 6.05. The molecule has 0 unspecified atom stereocenters. The molecule has 1 saturated heterocycles. The lowest BCUT2D eigenvalue weighted by molar-refractivity contribution is -0.130. The maximum atomic E-state index is 12.7. The molecule has 6 nitrogen and oxygen atoms in total. The van der Waals surface area contributed by atoms with E-state index < -0.39 is 0 Å². The van der Waals surface area contributed by atoms with Gasteiger partial charge in [0.15, 0.2) is 5.65 Å². The minimum absolute atomic E-state index is 0.295. The Kier molecular flexibility index (Phi) is 5.25. The number of likely N-dealkylation sites (N-methyl/N-ethyl adjacent to an activating group) is 1.